The van der Waals surface area contributed by atoms with Crippen LogP contribution in [0.25, 0.3) is 60.5 Å². The number of benzene rings is 10. The summed E-state index contributed by atoms with van der Waals surface area (Å²) in [5, 5.41) is 5.09. The highest BCUT2D eigenvalue weighted by molar-refractivity contribution is 7.99. The predicted octanol–water partition coefficient (Wildman–Crippen LogP) is 15.9. The van der Waals surface area contributed by atoms with Crippen molar-refractivity contribution in [2.24, 2.45) is 0 Å². The van der Waals surface area contributed by atoms with Crippen LogP contribution in [-0.4, -0.2) is 4.57 Å². The Kier molecular flexibility index (Phi) is 7.79. The van der Waals surface area contributed by atoms with E-state index in [2.05, 4.69) is 240 Å². The minimum atomic E-state index is -0.511. The number of para-hydroxylation sites is 3. The van der Waals surface area contributed by atoms with Gasteiger partial charge in [0, 0.05) is 43.2 Å². The highest BCUT2D eigenvalue weighted by atomic mass is 32.2. The van der Waals surface area contributed by atoms with Gasteiger partial charge in [0.15, 0.2) is 0 Å². The average Bonchev–Trinajstić information content (AvgIpc) is 3.67. The highest BCUT2D eigenvalue weighted by Crippen LogP contribution is 2.62. The van der Waals surface area contributed by atoms with Crippen LogP contribution in [0.4, 0.5) is 17.1 Å². The summed E-state index contributed by atoms with van der Waals surface area (Å²) in [4.78, 5) is 5.02. The fraction of sp³-hybridized carbons (Fsp3) is 0.0169. The van der Waals surface area contributed by atoms with Gasteiger partial charge in [-0.25, -0.2) is 0 Å². The zero-order chi connectivity index (χ0) is 40.8. The second kappa shape index (κ2) is 13.7. The van der Waals surface area contributed by atoms with Crippen LogP contribution in [-0.2, 0) is 5.41 Å². The number of nitrogens with zero attached hydrogens (tertiary/aromatic N) is 2. The van der Waals surface area contributed by atoms with Crippen molar-refractivity contribution in [3.05, 3.63) is 253 Å². The molecule has 1 aliphatic carbocycles. The Balaban J connectivity index is 1.10. The van der Waals surface area contributed by atoms with E-state index in [0.29, 0.717) is 0 Å². The second-order valence-electron chi connectivity index (χ2n) is 16.4. The van der Waals surface area contributed by atoms with Crippen LogP contribution in [0.2, 0.25) is 0 Å². The number of aromatic nitrogens is 1. The summed E-state index contributed by atoms with van der Waals surface area (Å²) >= 11 is 1.89. The molecule has 2 aliphatic rings. The minimum Gasteiger partial charge on any atom is -0.310 e. The van der Waals surface area contributed by atoms with Gasteiger partial charge in [-0.05, 0) is 104 Å². The van der Waals surface area contributed by atoms with Crippen molar-refractivity contribution in [3.63, 3.8) is 0 Å². The molecule has 13 rings (SSSR count). The topological polar surface area (TPSA) is 8.17 Å². The maximum Gasteiger partial charge on any atom is 0.0735 e. The van der Waals surface area contributed by atoms with E-state index in [1.807, 2.05) is 11.8 Å². The van der Waals surface area contributed by atoms with E-state index in [9.17, 15) is 0 Å². The minimum absolute atomic E-state index is 0.511. The monoisotopic (exact) mass is 806 g/mol. The molecule has 2 heterocycles. The molecule has 0 amide bonds. The molecule has 0 radical (unpaired) electrons. The number of fused-ring (bicyclic) bond motifs is 11. The first kappa shape index (κ1) is 35.2. The first-order chi connectivity index (χ1) is 30.8. The van der Waals surface area contributed by atoms with Gasteiger partial charge in [-0.1, -0.05) is 188 Å². The van der Waals surface area contributed by atoms with Crippen LogP contribution < -0.4 is 4.90 Å². The molecule has 0 fully saturated rings. The van der Waals surface area contributed by atoms with E-state index in [0.717, 1.165) is 22.7 Å². The van der Waals surface area contributed by atoms with Crippen LogP contribution in [0.15, 0.2) is 240 Å². The highest BCUT2D eigenvalue weighted by Gasteiger charge is 2.48. The lowest BCUT2D eigenvalue weighted by atomic mass is 9.59. The fourth-order valence-electron chi connectivity index (χ4n) is 10.7. The smallest absolute Gasteiger partial charge is 0.0735 e. The van der Waals surface area contributed by atoms with Crippen LogP contribution >= 0.6 is 11.8 Å². The number of anilines is 3. The van der Waals surface area contributed by atoms with Gasteiger partial charge in [0.1, 0.15) is 0 Å². The molecular formula is C59H38N2S. The summed E-state index contributed by atoms with van der Waals surface area (Å²) in [6.07, 6.45) is 0. The second-order valence-corrected chi connectivity index (χ2v) is 17.5. The van der Waals surface area contributed by atoms with E-state index >= 15 is 0 Å². The number of hydrogen-bond acceptors (Lipinski definition) is 2. The Morgan fingerprint density at radius 2 is 1.00 bits per heavy atom. The van der Waals surface area contributed by atoms with Gasteiger partial charge in [0.2, 0.25) is 0 Å². The van der Waals surface area contributed by atoms with Crippen molar-refractivity contribution in [1.29, 1.82) is 0 Å². The van der Waals surface area contributed by atoms with Crippen LogP contribution in [0.1, 0.15) is 22.3 Å². The molecule has 0 saturated carbocycles. The lowest BCUT2D eigenvalue weighted by Crippen LogP contribution is -2.36. The lowest BCUT2D eigenvalue weighted by molar-refractivity contribution is 0.707. The Morgan fingerprint density at radius 3 is 1.87 bits per heavy atom. The molecule has 10 aromatic carbocycles. The first-order valence-corrected chi connectivity index (χ1v) is 22.2. The molecule has 2 nitrogen and oxygen atoms in total. The molecule has 62 heavy (non-hydrogen) atoms. The van der Waals surface area contributed by atoms with Crippen molar-refractivity contribution in [3.8, 4) is 27.9 Å². The van der Waals surface area contributed by atoms with Gasteiger partial charge < -0.3 is 9.47 Å². The molecule has 1 atom stereocenters. The van der Waals surface area contributed by atoms with E-state index in [4.69, 9.17) is 0 Å². The van der Waals surface area contributed by atoms with Crippen molar-refractivity contribution < 1.29 is 0 Å². The van der Waals surface area contributed by atoms with Gasteiger partial charge in [0.25, 0.3) is 0 Å². The molecule has 1 unspecified atom stereocenters. The number of rotatable bonds is 5. The van der Waals surface area contributed by atoms with Gasteiger partial charge in [-0.3, -0.25) is 0 Å². The zero-order valence-corrected chi connectivity index (χ0v) is 34.6. The predicted molar refractivity (Wildman–Crippen MR) is 260 cm³/mol. The third-order valence-corrected chi connectivity index (χ3v) is 14.4. The summed E-state index contributed by atoms with van der Waals surface area (Å²) in [5.74, 6) is 0. The normalized spacial score (nSPS) is 14.8. The van der Waals surface area contributed by atoms with Crippen LogP contribution in [0.5, 0.6) is 0 Å². The van der Waals surface area contributed by atoms with E-state index in [1.54, 1.807) is 0 Å². The molecule has 1 spiro atoms. The Morgan fingerprint density at radius 1 is 0.387 bits per heavy atom. The van der Waals surface area contributed by atoms with Crippen LogP contribution in [0.3, 0.4) is 0 Å². The van der Waals surface area contributed by atoms with Crippen molar-refractivity contribution >= 4 is 61.4 Å². The standard InChI is InChI=1S/C59H38N2S/c1-3-17-39(18-4-1)44-23-8-12-30-53(44)60(42-33-35-47-46-25-9-13-31-54(46)61(55(47)37-42)41-21-5-2-6-22-41)43-34-36-51-57(38-43)62-56-32-14-11-28-50(56)59(51)49-27-10-7-24-45(49)48-26-15-19-40-20-16-29-52(59)58(40)48/h1-38H. The summed E-state index contributed by atoms with van der Waals surface area (Å²) in [6.45, 7) is 0. The third-order valence-electron chi connectivity index (χ3n) is 13.2. The van der Waals surface area contributed by atoms with Gasteiger partial charge in [-0.2, -0.15) is 0 Å². The molecular weight excluding hydrogens is 769 g/mol. The zero-order valence-electron chi connectivity index (χ0n) is 33.7. The van der Waals surface area contributed by atoms with E-state index in [-0.39, 0.29) is 0 Å². The maximum absolute atomic E-state index is 2.48. The Bertz CT molecular complexity index is 3560. The van der Waals surface area contributed by atoms with Crippen LogP contribution in [0, 0.1) is 0 Å². The summed E-state index contributed by atoms with van der Waals surface area (Å²) in [7, 11) is 0. The molecule has 0 N–H and O–H groups in total. The molecule has 0 saturated heterocycles. The molecule has 1 aromatic heterocycles. The largest absolute Gasteiger partial charge is 0.310 e. The average molecular weight is 807 g/mol. The molecule has 1 aliphatic heterocycles. The molecule has 0 bridgehead atoms. The Labute approximate surface area is 365 Å². The van der Waals surface area contributed by atoms with Gasteiger partial charge >= 0.3 is 0 Å². The quantitative estimate of drug-likeness (QED) is 0.171. The number of hydrogen-bond donors (Lipinski definition) is 0. The summed E-state index contributed by atoms with van der Waals surface area (Å²) in [6, 6.07) is 85.4. The third kappa shape index (κ3) is 5.00. The Hall–Kier alpha value is -7.59. The lowest BCUT2D eigenvalue weighted by Gasteiger charge is -2.46. The molecule has 290 valence electrons. The SMILES string of the molecule is c1ccc(-c2ccccc2N(c2ccc3c(c2)Sc2ccccc2C32c3ccccc3-c3cccc4cccc2c34)c2ccc3c4ccccc4n(-c4ccccc4)c3c2)cc1. The van der Waals surface area contributed by atoms with Gasteiger partial charge in [-0.15, -0.1) is 0 Å². The van der Waals surface area contributed by atoms with Crippen molar-refractivity contribution in [1.82, 2.24) is 4.57 Å². The summed E-state index contributed by atoms with van der Waals surface area (Å²) < 4.78 is 2.41. The summed E-state index contributed by atoms with van der Waals surface area (Å²) in [5.41, 5.74) is 16.6. The fourth-order valence-corrected chi connectivity index (χ4v) is 12.0. The van der Waals surface area contributed by atoms with Crippen molar-refractivity contribution in [2.45, 2.75) is 15.2 Å². The maximum atomic E-state index is 2.48. The van der Waals surface area contributed by atoms with E-state index in [1.165, 1.54) is 86.9 Å². The molecule has 3 heteroatoms. The van der Waals surface area contributed by atoms with Gasteiger partial charge in [0.05, 0.1) is 22.1 Å². The molecule has 11 aromatic rings. The van der Waals surface area contributed by atoms with E-state index < -0.39 is 5.41 Å². The first-order valence-electron chi connectivity index (χ1n) is 21.3. The van der Waals surface area contributed by atoms with Crippen molar-refractivity contribution in [2.75, 3.05) is 4.90 Å².